The molecule has 2 amide bonds. The van der Waals surface area contributed by atoms with Crippen molar-refractivity contribution in [3.05, 3.63) is 56.7 Å². The fourth-order valence-electron chi connectivity index (χ4n) is 4.29. The van der Waals surface area contributed by atoms with Crippen molar-refractivity contribution < 1.29 is 14.3 Å². The van der Waals surface area contributed by atoms with Crippen LogP contribution in [0.25, 0.3) is 10.9 Å². The van der Waals surface area contributed by atoms with Gasteiger partial charge in [-0.1, -0.05) is 12.1 Å². The second kappa shape index (κ2) is 9.19. The quantitative estimate of drug-likeness (QED) is 0.485. The van der Waals surface area contributed by atoms with E-state index in [1.165, 1.54) is 25.8 Å². The standard InChI is InChI=1S/C23H24N6O5S/c1-13-4-3-5-15-19(13)21(31)28(22(32)27(15)2)9-8-24-10-14-11-29(23(33)34-14)17-7-6-16-20(25-17)26-18(30)12-35-16/h3-7,14,24H,8-12H2,1-2H3,(H,25,26,30). The highest BCUT2D eigenvalue weighted by Crippen LogP contribution is 2.32. The van der Waals surface area contributed by atoms with Gasteiger partial charge in [0.15, 0.2) is 0 Å². The molecule has 0 bridgehead atoms. The van der Waals surface area contributed by atoms with Gasteiger partial charge in [-0.2, -0.15) is 0 Å². The molecular weight excluding hydrogens is 472 g/mol. The Balaban J connectivity index is 1.22. The molecule has 2 N–H and O–H groups in total. The summed E-state index contributed by atoms with van der Waals surface area (Å²) in [6.07, 6.45) is -0.947. The lowest BCUT2D eigenvalue weighted by Crippen LogP contribution is -2.42. The summed E-state index contributed by atoms with van der Waals surface area (Å²) in [5.41, 5.74) is 0.732. The van der Waals surface area contributed by atoms with E-state index in [-0.39, 0.29) is 30.2 Å². The van der Waals surface area contributed by atoms with E-state index in [9.17, 15) is 19.2 Å². The zero-order valence-corrected chi connectivity index (χ0v) is 20.1. The Hall–Kier alpha value is -3.64. The highest BCUT2D eigenvalue weighted by molar-refractivity contribution is 8.00. The first kappa shape index (κ1) is 23.1. The largest absolute Gasteiger partial charge is 0.443 e. The van der Waals surface area contributed by atoms with Crippen LogP contribution < -0.4 is 26.8 Å². The molecule has 0 radical (unpaired) electrons. The van der Waals surface area contributed by atoms with Crippen LogP contribution in [0.1, 0.15) is 5.56 Å². The number of rotatable bonds is 6. The van der Waals surface area contributed by atoms with Gasteiger partial charge in [0, 0.05) is 26.7 Å². The molecule has 11 nitrogen and oxygen atoms in total. The van der Waals surface area contributed by atoms with Crippen molar-refractivity contribution in [1.29, 1.82) is 0 Å². The molecule has 35 heavy (non-hydrogen) atoms. The fourth-order valence-corrected chi connectivity index (χ4v) is 5.04. The van der Waals surface area contributed by atoms with Gasteiger partial charge in [0.05, 0.1) is 28.1 Å². The predicted octanol–water partition coefficient (Wildman–Crippen LogP) is 1.06. The van der Waals surface area contributed by atoms with Gasteiger partial charge < -0.3 is 15.4 Å². The van der Waals surface area contributed by atoms with Crippen molar-refractivity contribution in [2.75, 3.05) is 35.6 Å². The zero-order valence-electron chi connectivity index (χ0n) is 19.2. The summed E-state index contributed by atoms with van der Waals surface area (Å²) in [6, 6.07) is 8.98. The fraction of sp³-hybridized carbons (Fsp3) is 0.348. The highest BCUT2D eigenvalue weighted by atomic mass is 32.2. The van der Waals surface area contributed by atoms with Gasteiger partial charge in [-0.3, -0.25) is 23.6 Å². The smallest absolute Gasteiger partial charge is 0.416 e. The van der Waals surface area contributed by atoms with Crippen molar-refractivity contribution in [3.8, 4) is 0 Å². The Kier molecular flexibility index (Phi) is 6.07. The summed E-state index contributed by atoms with van der Waals surface area (Å²) >= 11 is 1.40. The van der Waals surface area contributed by atoms with Crippen LogP contribution in [0.5, 0.6) is 0 Å². The summed E-state index contributed by atoms with van der Waals surface area (Å²) < 4.78 is 8.14. The Morgan fingerprint density at radius 1 is 1.20 bits per heavy atom. The zero-order chi connectivity index (χ0) is 24.7. The second-order valence-corrected chi connectivity index (χ2v) is 9.46. The van der Waals surface area contributed by atoms with Gasteiger partial charge in [0.1, 0.15) is 17.7 Å². The summed E-state index contributed by atoms with van der Waals surface area (Å²) in [7, 11) is 1.65. The van der Waals surface area contributed by atoms with Crippen LogP contribution in [0.3, 0.4) is 0 Å². The first-order valence-corrected chi connectivity index (χ1v) is 12.1. The monoisotopic (exact) mass is 496 g/mol. The molecule has 1 aromatic carbocycles. The number of nitrogens with zero attached hydrogens (tertiary/aromatic N) is 4. The van der Waals surface area contributed by atoms with Gasteiger partial charge in [-0.25, -0.2) is 14.6 Å². The Morgan fingerprint density at radius 3 is 2.86 bits per heavy atom. The van der Waals surface area contributed by atoms with Crippen LogP contribution in [-0.2, 0) is 23.1 Å². The maximum atomic E-state index is 12.9. The van der Waals surface area contributed by atoms with Crippen molar-refractivity contribution in [1.82, 2.24) is 19.4 Å². The molecule has 12 heteroatoms. The molecule has 1 fully saturated rings. The van der Waals surface area contributed by atoms with E-state index in [0.717, 1.165) is 10.5 Å². The summed E-state index contributed by atoms with van der Waals surface area (Å²) in [4.78, 5) is 56.4. The third-order valence-electron chi connectivity index (χ3n) is 6.08. The lowest BCUT2D eigenvalue weighted by molar-refractivity contribution is -0.113. The predicted molar refractivity (Wildman–Crippen MR) is 132 cm³/mol. The third-order valence-corrected chi connectivity index (χ3v) is 7.13. The van der Waals surface area contributed by atoms with Gasteiger partial charge >= 0.3 is 11.8 Å². The van der Waals surface area contributed by atoms with E-state index in [2.05, 4.69) is 15.6 Å². The molecule has 3 aromatic rings. The van der Waals surface area contributed by atoms with Crippen LogP contribution >= 0.6 is 11.8 Å². The van der Waals surface area contributed by atoms with Gasteiger partial charge in [-0.15, -0.1) is 11.8 Å². The molecule has 182 valence electrons. The number of anilines is 2. The minimum absolute atomic E-state index is 0.131. The topological polar surface area (TPSA) is 128 Å². The van der Waals surface area contributed by atoms with Crippen LogP contribution in [0.15, 0.2) is 44.8 Å². The molecule has 1 atom stereocenters. The summed E-state index contributed by atoms with van der Waals surface area (Å²) in [5.74, 6) is 1.05. The molecule has 0 aliphatic carbocycles. The Labute approximate surface area is 204 Å². The number of fused-ring (bicyclic) bond motifs is 2. The van der Waals surface area contributed by atoms with Crippen LogP contribution in [0.2, 0.25) is 0 Å². The van der Waals surface area contributed by atoms with E-state index >= 15 is 0 Å². The average molecular weight is 497 g/mol. The van der Waals surface area contributed by atoms with Crippen molar-refractivity contribution in [3.63, 3.8) is 0 Å². The first-order chi connectivity index (χ1) is 16.8. The summed E-state index contributed by atoms with van der Waals surface area (Å²) in [6.45, 7) is 3.02. The van der Waals surface area contributed by atoms with Crippen LogP contribution in [0.4, 0.5) is 16.4 Å². The summed E-state index contributed by atoms with van der Waals surface area (Å²) in [5, 5.41) is 6.42. The van der Waals surface area contributed by atoms with Crippen LogP contribution in [-0.4, -0.2) is 57.6 Å². The number of aromatic nitrogens is 3. The SMILES string of the molecule is Cc1cccc2c1c(=O)n(CCNCC1CN(c3ccc4c(n3)NC(=O)CS4)C(=O)O1)c(=O)n2C. The molecule has 2 aliphatic rings. The molecule has 4 heterocycles. The number of benzene rings is 1. The molecule has 1 saturated heterocycles. The van der Waals surface area contributed by atoms with E-state index < -0.39 is 12.2 Å². The molecule has 2 aliphatic heterocycles. The molecule has 0 spiro atoms. The first-order valence-electron chi connectivity index (χ1n) is 11.1. The number of aryl methyl sites for hydroxylation is 2. The number of carbonyl (C=O) groups excluding carboxylic acids is 2. The number of thioether (sulfide) groups is 1. The highest BCUT2D eigenvalue weighted by Gasteiger charge is 2.33. The van der Waals surface area contributed by atoms with Gasteiger partial charge in [0.2, 0.25) is 5.91 Å². The normalized spacial score (nSPS) is 17.4. The minimum Gasteiger partial charge on any atom is -0.443 e. The Bertz CT molecular complexity index is 1470. The van der Waals surface area contributed by atoms with Crippen LogP contribution in [0, 0.1) is 6.92 Å². The second-order valence-electron chi connectivity index (χ2n) is 8.44. The number of pyridine rings is 1. The molecular formula is C23H24N6O5S. The molecule has 5 rings (SSSR count). The lowest BCUT2D eigenvalue weighted by Gasteiger charge is -2.18. The van der Waals surface area contributed by atoms with Gasteiger partial charge in [0.25, 0.3) is 5.56 Å². The lowest BCUT2D eigenvalue weighted by atomic mass is 10.1. The van der Waals surface area contributed by atoms with Crippen molar-refractivity contribution in [2.24, 2.45) is 7.05 Å². The van der Waals surface area contributed by atoms with E-state index in [1.54, 1.807) is 19.2 Å². The number of cyclic esters (lactones) is 1. The minimum atomic E-state index is -0.519. The maximum Gasteiger partial charge on any atom is 0.416 e. The maximum absolute atomic E-state index is 12.9. The number of amides is 2. The van der Waals surface area contributed by atoms with E-state index in [0.29, 0.717) is 41.4 Å². The average Bonchev–Trinajstić information content (AvgIpc) is 3.21. The molecule has 2 aromatic heterocycles. The van der Waals surface area contributed by atoms with Crippen molar-refractivity contribution >= 4 is 46.3 Å². The van der Waals surface area contributed by atoms with Gasteiger partial charge in [-0.05, 0) is 30.7 Å². The Morgan fingerprint density at radius 2 is 2.03 bits per heavy atom. The third kappa shape index (κ3) is 4.30. The number of carbonyl (C=O) groups is 2. The number of ether oxygens (including phenoxy) is 1. The number of nitrogens with one attached hydrogen (secondary N) is 2. The van der Waals surface area contributed by atoms with E-state index in [4.69, 9.17) is 4.74 Å². The number of hydrogen-bond donors (Lipinski definition) is 2. The molecule has 0 saturated carbocycles. The molecule has 1 unspecified atom stereocenters. The van der Waals surface area contributed by atoms with E-state index in [1.807, 2.05) is 25.1 Å². The number of hydrogen-bond acceptors (Lipinski definition) is 8. The van der Waals surface area contributed by atoms with Crippen molar-refractivity contribution in [2.45, 2.75) is 24.5 Å².